The number of carbonyl (C=O) groups is 2. The van der Waals surface area contributed by atoms with Crippen LogP contribution in [0.25, 0.3) is 11.1 Å². The topological polar surface area (TPSA) is 98.9 Å². The van der Waals surface area contributed by atoms with Crippen molar-refractivity contribution in [3.63, 3.8) is 0 Å². The summed E-state index contributed by atoms with van der Waals surface area (Å²) in [5.74, 6) is -2.69. The average Bonchev–Trinajstić information content (AvgIpc) is 3.40. The normalized spacial score (nSPS) is 13.8. The van der Waals surface area contributed by atoms with Crippen LogP contribution in [-0.2, 0) is 24.7 Å². The second kappa shape index (κ2) is 12.3. The Bertz CT molecular complexity index is 1610. The summed E-state index contributed by atoms with van der Waals surface area (Å²) in [6.07, 6.45) is -0.298. The molecule has 1 unspecified atom stereocenters. The molecule has 0 aliphatic heterocycles. The third-order valence-electron chi connectivity index (χ3n) is 8.45. The second-order valence-electron chi connectivity index (χ2n) is 11.0. The highest BCUT2D eigenvalue weighted by molar-refractivity contribution is 6.03. The fourth-order valence-electron chi connectivity index (χ4n) is 6.16. The number of fused-ring (bicyclic) bond motifs is 3. The third-order valence-corrected chi connectivity index (χ3v) is 8.45. The number of benzene rings is 5. The van der Waals surface area contributed by atoms with Crippen molar-refractivity contribution in [1.82, 2.24) is 0 Å². The van der Waals surface area contributed by atoms with Gasteiger partial charge in [-0.15, -0.1) is 0 Å². The van der Waals surface area contributed by atoms with Crippen LogP contribution in [0.15, 0.2) is 140 Å². The maximum absolute atomic E-state index is 13.5. The van der Waals surface area contributed by atoms with Crippen molar-refractivity contribution < 1.29 is 24.2 Å². The van der Waals surface area contributed by atoms with Gasteiger partial charge in [0.05, 0.1) is 6.61 Å². The van der Waals surface area contributed by atoms with Gasteiger partial charge in [-0.05, 0) is 38.9 Å². The average molecular weight is 584 g/mol. The minimum absolute atomic E-state index is 0.0259. The Morgan fingerprint density at radius 1 is 0.636 bits per heavy atom. The van der Waals surface area contributed by atoms with E-state index in [1.54, 1.807) is 0 Å². The summed E-state index contributed by atoms with van der Waals surface area (Å²) in [5, 5.41) is 10.2. The first-order chi connectivity index (χ1) is 21.4. The molecule has 1 aliphatic rings. The SMILES string of the molecule is NC(CCOC(c1ccccc1)(c1ccccc1)c1ccccc1)(C(=O)O)C(=O)OCC1c2ccccc2-c2ccccc21. The van der Waals surface area contributed by atoms with Gasteiger partial charge in [0, 0.05) is 12.3 Å². The van der Waals surface area contributed by atoms with Crippen molar-refractivity contribution in [3.05, 3.63) is 167 Å². The number of carboxylic acid groups (broad SMARTS) is 1. The molecular formula is C38H33NO5. The van der Waals surface area contributed by atoms with E-state index in [1.165, 1.54) is 0 Å². The highest BCUT2D eigenvalue weighted by Crippen LogP contribution is 2.45. The third kappa shape index (κ3) is 5.19. The van der Waals surface area contributed by atoms with Crippen LogP contribution in [0.1, 0.15) is 40.2 Å². The summed E-state index contributed by atoms with van der Waals surface area (Å²) in [6.45, 7) is -0.159. The van der Waals surface area contributed by atoms with Gasteiger partial charge in [-0.1, -0.05) is 140 Å². The van der Waals surface area contributed by atoms with E-state index in [1.807, 2.05) is 140 Å². The zero-order chi connectivity index (χ0) is 30.6. The number of esters is 1. The zero-order valence-electron chi connectivity index (χ0n) is 24.1. The van der Waals surface area contributed by atoms with Crippen LogP contribution in [0.5, 0.6) is 0 Å². The molecule has 0 spiro atoms. The van der Waals surface area contributed by atoms with Gasteiger partial charge in [-0.2, -0.15) is 0 Å². The molecule has 0 saturated carbocycles. The molecule has 1 atom stereocenters. The van der Waals surface area contributed by atoms with E-state index in [0.29, 0.717) is 0 Å². The Kier molecular flexibility index (Phi) is 8.11. The Morgan fingerprint density at radius 3 is 1.48 bits per heavy atom. The number of rotatable bonds is 11. The second-order valence-corrected chi connectivity index (χ2v) is 11.0. The molecule has 6 heteroatoms. The Hall–Kier alpha value is -5.04. The molecule has 1 aliphatic carbocycles. The van der Waals surface area contributed by atoms with Crippen molar-refractivity contribution in [2.75, 3.05) is 13.2 Å². The van der Waals surface area contributed by atoms with Crippen LogP contribution < -0.4 is 5.73 Å². The predicted octanol–water partition coefficient (Wildman–Crippen LogP) is 6.52. The predicted molar refractivity (Wildman–Crippen MR) is 169 cm³/mol. The molecule has 44 heavy (non-hydrogen) atoms. The van der Waals surface area contributed by atoms with E-state index in [9.17, 15) is 14.7 Å². The maximum Gasteiger partial charge on any atom is 0.337 e. The number of aliphatic carboxylic acids is 1. The maximum atomic E-state index is 13.5. The Labute approximate surface area is 256 Å². The molecule has 6 nitrogen and oxygen atoms in total. The largest absolute Gasteiger partial charge is 0.479 e. The molecule has 0 amide bonds. The Morgan fingerprint density at radius 2 is 1.05 bits per heavy atom. The van der Waals surface area contributed by atoms with E-state index >= 15 is 0 Å². The van der Waals surface area contributed by atoms with Gasteiger partial charge in [0.1, 0.15) is 12.2 Å². The van der Waals surface area contributed by atoms with E-state index < -0.39 is 23.1 Å². The van der Waals surface area contributed by atoms with Crippen molar-refractivity contribution in [2.45, 2.75) is 23.5 Å². The molecular weight excluding hydrogens is 550 g/mol. The summed E-state index contributed by atoms with van der Waals surface area (Å²) < 4.78 is 12.4. The molecule has 5 aromatic rings. The van der Waals surface area contributed by atoms with Gasteiger partial charge in [-0.25, -0.2) is 9.59 Å². The van der Waals surface area contributed by atoms with E-state index in [4.69, 9.17) is 15.2 Å². The van der Waals surface area contributed by atoms with Crippen molar-refractivity contribution in [3.8, 4) is 11.1 Å². The molecule has 0 saturated heterocycles. The quantitative estimate of drug-likeness (QED) is 0.104. The minimum Gasteiger partial charge on any atom is -0.479 e. The van der Waals surface area contributed by atoms with Crippen LogP contribution in [-0.4, -0.2) is 35.8 Å². The van der Waals surface area contributed by atoms with Crippen molar-refractivity contribution in [2.24, 2.45) is 5.73 Å². The van der Waals surface area contributed by atoms with Crippen LogP contribution in [0.2, 0.25) is 0 Å². The molecule has 3 N–H and O–H groups in total. The minimum atomic E-state index is -2.31. The van der Waals surface area contributed by atoms with Crippen LogP contribution in [0.4, 0.5) is 0 Å². The smallest absolute Gasteiger partial charge is 0.337 e. The number of carboxylic acids is 1. The van der Waals surface area contributed by atoms with Gasteiger partial charge in [0.25, 0.3) is 0 Å². The summed E-state index contributed by atoms with van der Waals surface area (Å²) in [5.41, 5.74) is 9.75. The number of hydrogen-bond acceptors (Lipinski definition) is 5. The molecule has 6 rings (SSSR count). The van der Waals surface area contributed by atoms with Gasteiger partial charge >= 0.3 is 11.9 Å². The van der Waals surface area contributed by atoms with Gasteiger partial charge in [0.2, 0.25) is 5.54 Å². The lowest BCUT2D eigenvalue weighted by Crippen LogP contribution is -2.57. The number of carbonyl (C=O) groups excluding carboxylic acids is 1. The lowest BCUT2D eigenvalue weighted by molar-refractivity contribution is -0.162. The number of nitrogens with two attached hydrogens (primary N) is 1. The van der Waals surface area contributed by atoms with E-state index in [-0.39, 0.29) is 25.6 Å². The van der Waals surface area contributed by atoms with Crippen molar-refractivity contribution >= 4 is 11.9 Å². The zero-order valence-corrected chi connectivity index (χ0v) is 24.1. The highest BCUT2D eigenvalue weighted by Gasteiger charge is 2.46. The first kappa shape index (κ1) is 29.1. The summed E-state index contributed by atoms with van der Waals surface area (Å²) in [6, 6.07) is 45.1. The van der Waals surface area contributed by atoms with Gasteiger partial charge < -0.3 is 20.3 Å². The fraction of sp³-hybridized carbons (Fsp3) is 0.158. The summed E-state index contributed by atoms with van der Waals surface area (Å²) in [4.78, 5) is 26.0. The molecule has 0 aromatic heterocycles. The summed E-state index contributed by atoms with van der Waals surface area (Å²) >= 11 is 0. The molecule has 0 fully saturated rings. The highest BCUT2D eigenvalue weighted by atomic mass is 16.5. The molecule has 0 bridgehead atoms. The first-order valence-corrected chi connectivity index (χ1v) is 14.6. The van der Waals surface area contributed by atoms with Crippen LogP contribution in [0, 0.1) is 0 Å². The summed E-state index contributed by atoms with van der Waals surface area (Å²) in [7, 11) is 0. The lowest BCUT2D eigenvalue weighted by atomic mass is 9.80. The molecule has 0 heterocycles. The fourth-order valence-corrected chi connectivity index (χ4v) is 6.16. The van der Waals surface area contributed by atoms with Crippen LogP contribution in [0.3, 0.4) is 0 Å². The lowest BCUT2D eigenvalue weighted by Gasteiger charge is -2.36. The van der Waals surface area contributed by atoms with Gasteiger partial charge in [-0.3, -0.25) is 0 Å². The molecule has 0 radical (unpaired) electrons. The standard InChI is InChI=1S/C38H33NO5/c39-37(35(40)41,36(42)43-26-34-32-22-12-10-20-30(32)31-21-11-13-23-33(31)34)24-25-44-38(27-14-4-1-5-15-27,28-16-6-2-7-17-28)29-18-8-3-9-19-29/h1-23,34H,24-26,39H2,(H,40,41). The van der Waals surface area contributed by atoms with Gasteiger partial charge in [0.15, 0.2) is 0 Å². The molecule has 220 valence electrons. The number of hydrogen-bond donors (Lipinski definition) is 2. The Balaban J connectivity index is 1.26. The first-order valence-electron chi connectivity index (χ1n) is 14.6. The van der Waals surface area contributed by atoms with Crippen molar-refractivity contribution in [1.29, 1.82) is 0 Å². The molecule has 5 aromatic carbocycles. The van der Waals surface area contributed by atoms with E-state index in [2.05, 4.69) is 0 Å². The van der Waals surface area contributed by atoms with E-state index in [0.717, 1.165) is 38.9 Å². The monoisotopic (exact) mass is 583 g/mol. The number of ether oxygens (including phenoxy) is 2. The van der Waals surface area contributed by atoms with Crippen LogP contribution >= 0.6 is 0 Å².